The smallest absolute Gasteiger partial charge is 0.147 e. The van der Waals surface area contributed by atoms with E-state index in [4.69, 9.17) is 8.83 Å². The number of hydrogen-bond acceptors (Lipinski definition) is 4. The Bertz CT molecular complexity index is 3540. The first-order chi connectivity index (χ1) is 31.3. The van der Waals surface area contributed by atoms with Gasteiger partial charge in [0.05, 0.1) is 5.56 Å². The molecule has 0 aliphatic rings. The van der Waals surface area contributed by atoms with Gasteiger partial charge < -0.3 is 18.6 Å². The average Bonchev–Trinajstić information content (AvgIpc) is 3.86. The monoisotopic (exact) mass is 824 g/mol. The predicted molar refractivity (Wildman–Crippen MR) is 270 cm³/mol. The van der Waals surface area contributed by atoms with Crippen molar-refractivity contribution in [3.63, 3.8) is 0 Å². The quantitative estimate of drug-likeness (QED) is 0.160. The lowest BCUT2D eigenvalue weighted by molar-refractivity contribution is 0.658. The van der Waals surface area contributed by atoms with Gasteiger partial charge in [-0.2, -0.15) is 0 Å². The minimum atomic E-state index is 0.822. The molecule has 64 heavy (non-hydrogen) atoms. The molecular weight excluding hydrogens is 781 g/mol. The Hall–Kier alpha value is -8.08. The van der Waals surface area contributed by atoms with E-state index in [0.717, 1.165) is 111 Å². The second-order valence-corrected chi connectivity index (χ2v) is 17.2. The Morgan fingerprint density at radius 3 is 1.14 bits per heavy atom. The van der Waals surface area contributed by atoms with Gasteiger partial charge >= 0.3 is 0 Å². The molecule has 0 N–H and O–H groups in total. The van der Waals surface area contributed by atoms with E-state index >= 15 is 0 Å². The zero-order valence-electron chi connectivity index (χ0n) is 36.2. The minimum absolute atomic E-state index is 0.822. The molecule has 0 spiro atoms. The minimum Gasteiger partial charge on any atom is -0.455 e. The number of benzene rings is 10. The molecule has 0 saturated heterocycles. The number of anilines is 6. The summed E-state index contributed by atoms with van der Waals surface area (Å²) in [6, 6.07) is 69.8. The zero-order chi connectivity index (χ0) is 43.1. The van der Waals surface area contributed by atoms with Crippen molar-refractivity contribution in [2.45, 2.75) is 27.7 Å². The van der Waals surface area contributed by atoms with Crippen LogP contribution in [0.4, 0.5) is 34.1 Å². The van der Waals surface area contributed by atoms with Gasteiger partial charge in [0.2, 0.25) is 0 Å². The standard InChI is InChI=1S/C60H44N2O2/c1-37-20-24-48(28-39(37)3)61(46-16-10-6-11-17-46)50-26-22-42-32-52-54-36-55-53-33-43-23-27-51(62(47-18-12-7-13-19-47)49-25-21-38(2)40(4)29-49)31-45(43)35-57(53)64-60(55)58(41-14-8-5-9-15-41)59(54)63-56(52)34-44(42)30-50/h5-36H,1-4H3. The van der Waals surface area contributed by atoms with Gasteiger partial charge in [0.15, 0.2) is 0 Å². The van der Waals surface area contributed by atoms with Crippen molar-refractivity contribution in [2.24, 2.45) is 0 Å². The van der Waals surface area contributed by atoms with Crippen molar-refractivity contribution in [1.82, 2.24) is 0 Å². The molecule has 0 bridgehead atoms. The van der Waals surface area contributed by atoms with Gasteiger partial charge in [-0.05, 0) is 180 Å². The van der Waals surface area contributed by atoms with Crippen LogP contribution in [0.5, 0.6) is 0 Å². The highest BCUT2D eigenvalue weighted by molar-refractivity contribution is 6.24. The third-order valence-corrected chi connectivity index (χ3v) is 13.2. The molecule has 2 heterocycles. The highest BCUT2D eigenvalue weighted by atomic mass is 16.3. The first-order valence-corrected chi connectivity index (χ1v) is 22.0. The average molecular weight is 825 g/mol. The fraction of sp³-hybridized carbons (Fsp3) is 0.0667. The third-order valence-electron chi connectivity index (χ3n) is 13.2. The largest absolute Gasteiger partial charge is 0.455 e. The molecule has 2 aromatic heterocycles. The second-order valence-electron chi connectivity index (χ2n) is 17.2. The van der Waals surface area contributed by atoms with Crippen LogP contribution in [0.1, 0.15) is 22.3 Å². The van der Waals surface area contributed by atoms with E-state index in [1.807, 2.05) is 0 Å². The summed E-state index contributed by atoms with van der Waals surface area (Å²) in [4.78, 5) is 4.66. The molecule has 0 fully saturated rings. The third kappa shape index (κ3) is 6.21. The summed E-state index contributed by atoms with van der Waals surface area (Å²) in [7, 11) is 0. The van der Waals surface area contributed by atoms with Gasteiger partial charge in [-0.3, -0.25) is 0 Å². The van der Waals surface area contributed by atoms with Crippen LogP contribution in [0.2, 0.25) is 0 Å². The molecule has 0 atom stereocenters. The van der Waals surface area contributed by atoms with Gasteiger partial charge in [0, 0.05) is 55.7 Å². The number of nitrogens with zero attached hydrogens (tertiary/aromatic N) is 2. The molecule has 0 unspecified atom stereocenters. The molecule has 0 amide bonds. The van der Waals surface area contributed by atoms with Crippen molar-refractivity contribution in [2.75, 3.05) is 9.80 Å². The summed E-state index contributed by atoms with van der Waals surface area (Å²) in [6.07, 6.45) is 0. The maximum atomic E-state index is 6.99. The SMILES string of the molecule is Cc1ccc(N(c2ccccc2)c2ccc3cc4c(cc3c2)oc2c(-c3ccccc3)c3oc5cc6cc(N(c7ccccc7)c7ccc(C)c(C)c7)ccc6cc5c3cc24)cc1C. The normalized spacial score (nSPS) is 11.8. The molecule has 0 aliphatic carbocycles. The molecular formula is C60H44N2O2. The maximum absolute atomic E-state index is 6.99. The summed E-state index contributed by atoms with van der Waals surface area (Å²) in [5.74, 6) is 0. The van der Waals surface area contributed by atoms with E-state index in [0.29, 0.717) is 0 Å². The van der Waals surface area contributed by atoms with E-state index in [-0.39, 0.29) is 0 Å². The van der Waals surface area contributed by atoms with Gasteiger partial charge in [-0.1, -0.05) is 91.0 Å². The van der Waals surface area contributed by atoms with E-state index in [2.05, 4.69) is 232 Å². The van der Waals surface area contributed by atoms with Crippen LogP contribution in [0.25, 0.3) is 76.5 Å². The molecule has 0 radical (unpaired) electrons. The van der Waals surface area contributed by atoms with Crippen LogP contribution >= 0.6 is 0 Å². The Kier molecular flexibility index (Phi) is 8.70. The molecule has 12 aromatic rings. The van der Waals surface area contributed by atoms with Crippen molar-refractivity contribution in [3.8, 4) is 11.1 Å². The topological polar surface area (TPSA) is 32.8 Å². The van der Waals surface area contributed by atoms with Gasteiger partial charge in [0.25, 0.3) is 0 Å². The Morgan fingerprint density at radius 2 is 0.703 bits per heavy atom. The lowest BCUT2D eigenvalue weighted by Crippen LogP contribution is -2.10. The number of rotatable bonds is 7. The number of hydrogen-bond donors (Lipinski definition) is 0. The number of furan rings is 2. The van der Waals surface area contributed by atoms with E-state index in [1.165, 1.54) is 22.3 Å². The van der Waals surface area contributed by atoms with Crippen LogP contribution in [-0.2, 0) is 0 Å². The van der Waals surface area contributed by atoms with Gasteiger partial charge in [0.1, 0.15) is 22.3 Å². The summed E-state index contributed by atoms with van der Waals surface area (Å²) in [5, 5.41) is 8.81. The van der Waals surface area contributed by atoms with Crippen LogP contribution in [0, 0.1) is 27.7 Å². The van der Waals surface area contributed by atoms with E-state index in [9.17, 15) is 0 Å². The molecule has 0 saturated carbocycles. The Labute approximate surface area is 371 Å². The molecule has 4 heteroatoms. The van der Waals surface area contributed by atoms with Gasteiger partial charge in [-0.25, -0.2) is 0 Å². The predicted octanol–water partition coefficient (Wildman–Crippen LogP) is 17.6. The second kappa shape index (κ2) is 14.8. The van der Waals surface area contributed by atoms with Crippen molar-refractivity contribution in [3.05, 3.63) is 216 Å². The van der Waals surface area contributed by atoms with Crippen LogP contribution in [0.3, 0.4) is 0 Å². The van der Waals surface area contributed by atoms with Crippen molar-refractivity contribution >= 4 is 99.5 Å². The lowest BCUT2D eigenvalue weighted by atomic mass is 9.97. The van der Waals surface area contributed by atoms with Crippen LogP contribution in [0.15, 0.2) is 203 Å². The summed E-state index contributed by atoms with van der Waals surface area (Å²) in [5.41, 5.74) is 17.1. The van der Waals surface area contributed by atoms with Crippen LogP contribution in [-0.4, -0.2) is 0 Å². The fourth-order valence-electron chi connectivity index (χ4n) is 9.52. The first-order valence-electron chi connectivity index (χ1n) is 22.0. The molecule has 10 aromatic carbocycles. The Balaban J connectivity index is 1.03. The Morgan fingerprint density at radius 1 is 0.297 bits per heavy atom. The molecule has 12 rings (SSSR count). The highest BCUT2D eigenvalue weighted by Gasteiger charge is 2.23. The summed E-state index contributed by atoms with van der Waals surface area (Å²) >= 11 is 0. The van der Waals surface area contributed by atoms with E-state index in [1.54, 1.807) is 0 Å². The van der Waals surface area contributed by atoms with Gasteiger partial charge in [-0.15, -0.1) is 0 Å². The molecule has 4 nitrogen and oxygen atoms in total. The number of para-hydroxylation sites is 2. The maximum Gasteiger partial charge on any atom is 0.147 e. The summed E-state index contributed by atoms with van der Waals surface area (Å²) in [6.45, 7) is 8.67. The number of aryl methyl sites for hydroxylation is 4. The first kappa shape index (κ1) is 37.7. The number of fused-ring (bicyclic) bond motifs is 8. The van der Waals surface area contributed by atoms with E-state index < -0.39 is 0 Å². The van der Waals surface area contributed by atoms with Crippen molar-refractivity contribution in [1.29, 1.82) is 0 Å². The lowest BCUT2D eigenvalue weighted by Gasteiger charge is -2.26. The summed E-state index contributed by atoms with van der Waals surface area (Å²) < 4.78 is 14.0. The zero-order valence-corrected chi connectivity index (χ0v) is 36.2. The molecule has 306 valence electrons. The fourth-order valence-corrected chi connectivity index (χ4v) is 9.52. The van der Waals surface area contributed by atoms with Crippen LogP contribution < -0.4 is 9.80 Å². The molecule has 0 aliphatic heterocycles. The highest BCUT2D eigenvalue weighted by Crippen LogP contribution is 2.47. The van der Waals surface area contributed by atoms with Crippen molar-refractivity contribution < 1.29 is 8.83 Å².